The third kappa shape index (κ3) is 4.67. The van der Waals surface area contributed by atoms with Crippen LogP contribution < -0.4 is 10.2 Å². The zero-order valence-corrected chi connectivity index (χ0v) is 16.3. The highest BCUT2D eigenvalue weighted by molar-refractivity contribution is 5.96. The molecule has 1 atom stereocenters. The van der Waals surface area contributed by atoms with Crippen LogP contribution in [0.25, 0.3) is 0 Å². The number of rotatable bonds is 3. The van der Waals surface area contributed by atoms with E-state index in [4.69, 9.17) is 4.74 Å². The highest BCUT2D eigenvalue weighted by atomic mass is 16.6. The Balaban J connectivity index is 1.69. The number of carbonyl (C=O) groups is 2. The van der Waals surface area contributed by atoms with Crippen molar-refractivity contribution < 1.29 is 14.3 Å². The lowest BCUT2D eigenvalue weighted by atomic mass is 9.85. The molecular weight excluding hydrogens is 340 g/mol. The summed E-state index contributed by atoms with van der Waals surface area (Å²) in [5, 5.41) is 2.74. The summed E-state index contributed by atoms with van der Waals surface area (Å²) in [6.45, 7) is 5.49. The van der Waals surface area contributed by atoms with Gasteiger partial charge in [0.15, 0.2) is 0 Å². The molecule has 1 unspecified atom stereocenters. The molecule has 27 heavy (non-hydrogen) atoms. The van der Waals surface area contributed by atoms with Gasteiger partial charge in [-0.25, -0.2) is 4.79 Å². The first kappa shape index (κ1) is 19.0. The second-order valence-electron chi connectivity index (χ2n) is 7.94. The number of ether oxygens (including phenoxy) is 1. The topological polar surface area (TPSA) is 58.6 Å². The minimum Gasteiger partial charge on any atom is -0.444 e. The van der Waals surface area contributed by atoms with E-state index in [-0.39, 0.29) is 11.8 Å². The molecule has 1 heterocycles. The Morgan fingerprint density at radius 3 is 2.48 bits per heavy atom. The van der Waals surface area contributed by atoms with E-state index >= 15 is 0 Å². The molecule has 5 nitrogen and oxygen atoms in total. The van der Waals surface area contributed by atoms with Crippen molar-refractivity contribution in [3.05, 3.63) is 59.7 Å². The lowest BCUT2D eigenvalue weighted by molar-refractivity contribution is -0.119. The van der Waals surface area contributed by atoms with E-state index in [2.05, 4.69) is 11.4 Å². The number of para-hydroxylation sites is 1. The average molecular weight is 366 g/mol. The SMILES string of the molecule is CN1C(=O)CC(Cc2ccc(NC(=O)OC(C)(C)C)cc2)c2ccccc21. The summed E-state index contributed by atoms with van der Waals surface area (Å²) in [6.07, 6.45) is 0.819. The quantitative estimate of drug-likeness (QED) is 0.854. The zero-order valence-electron chi connectivity index (χ0n) is 16.3. The smallest absolute Gasteiger partial charge is 0.412 e. The van der Waals surface area contributed by atoms with E-state index in [0.717, 1.165) is 17.7 Å². The number of fused-ring (bicyclic) bond motifs is 1. The van der Waals surface area contributed by atoms with Crippen molar-refractivity contribution in [3.63, 3.8) is 0 Å². The molecule has 0 saturated heterocycles. The van der Waals surface area contributed by atoms with E-state index in [9.17, 15) is 9.59 Å². The van der Waals surface area contributed by atoms with Crippen molar-refractivity contribution in [2.24, 2.45) is 0 Å². The molecule has 0 spiro atoms. The number of nitrogens with one attached hydrogen (secondary N) is 1. The van der Waals surface area contributed by atoms with Crippen LogP contribution in [-0.4, -0.2) is 24.6 Å². The van der Waals surface area contributed by atoms with Crippen LogP contribution in [0.3, 0.4) is 0 Å². The standard InChI is InChI=1S/C22H26N2O3/c1-22(2,3)27-21(26)23-17-11-9-15(10-12-17)13-16-14-20(25)24(4)19-8-6-5-7-18(16)19/h5-12,16H,13-14H2,1-4H3,(H,23,26). The molecule has 3 rings (SSSR count). The van der Waals surface area contributed by atoms with Crippen molar-refractivity contribution in [1.82, 2.24) is 0 Å². The van der Waals surface area contributed by atoms with Crippen LogP contribution >= 0.6 is 0 Å². The van der Waals surface area contributed by atoms with Crippen LogP contribution in [0.1, 0.15) is 44.2 Å². The van der Waals surface area contributed by atoms with Crippen LogP contribution in [0.5, 0.6) is 0 Å². The molecule has 1 aliphatic rings. The Kier molecular flexibility index (Phi) is 5.22. The summed E-state index contributed by atoms with van der Waals surface area (Å²) in [5.74, 6) is 0.302. The Bertz CT molecular complexity index is 837. The van der Waals surface area contributed by atoms with Crippen LogP contribution in [0.2, 0.25) is 0 Å². The normalized spacial score (nSPS) is 16.7. The highest BCUT2D eigenvalue weighted by Crippen LogP contribution is 2.37. The Morgan fingerprint density at radius 1 is 1.15 bits per heavy atom. The van der Waals surface area contributed by atoms with Gasteiger partial charge >= 0.3 is 6.09 Å². The molecule has 5 heteroatoms. The molecule has 142 valence electrons. The monoisotopic (exact) mass is 366 g/mol. The third-order valence-electron chi connectivity index (χ3n) is 4.61. The number of amides is 2. The number of anilines is 2. The molecule has 2 aromatic carbocycles. The van der Waals surface area contributed by atoms with Gasteiger partial charge in [0.05, 0.1) is 0 Å². The summed E-state index contributed by atoms with van der Waals surface area (Å²) in [7, 11) is 1.83. The molecule has 2 amide bonds. The van der Waals surface area contributed by atoms with Gasteiger partial charge in [0.25, 0.3) is 0 Å². The van der Waals surface area contributed by atoms with Crippen molar-refractivity contribution in [2.45, 2.75) is 45.1 Å². The van der Waals surface area contributed by atoms with Crippen LogP contribution in [0, 0.1) is 0 Å². The van der Waals surface area contributed by atoms with E-state index in [1.807, 2.05) is 70.3 Å². The van der Waals surface area contributed by atoms with Crippen LogP contribution in [0.4, 0.5) is 16.2 Å². The summed E-state index contributed by atoms with van der Waals surface area (Å²) >= 11 is 0. The maximum absolute atomic E-state index is 12.3. The predicted octanol–water partition coefficient (Wildman–Crippen LogP) is 4.73. The molecule has 0 saturated carbocycles. The van der Waals surface area contributed by atoms with Crippen LogP contribution in [0.15, 0.2) is 48.5 Å². The second-order valence-corrected chi connectivity index (χ2v) is 7.94. The summed E-state index contributed by atoms with van der Waals surface area (Å²) in [5.41, 5.74) is 3.48. The van der Waals surface area contributed by atoms with Gasteiger partial charge in [0.1, 0.15) is 5.60 Å². The highest BCUT2D eigenvalue weighted by Gasteiger charge is 2.28. The van der Waals surface area contributed by atoms with Crippen LogP contribution in [-0.2, 0) is 16.0 Å². The van der Waals surface area contributed by atoms with Gasteiger partial charge in [-0.3, -0.25) is 10.1 Å². The number of nitrogens with zero attached hydrogens (tertiary/aromatic N) is 1. The molecule has 0 radical (unpaired) electrons. The summed E-state index contributed by atoms with van der Waals surface area (Å²) in [4.78, 5) is 25.9. The van der Waals surface area contributed by atoms with Gasteiger partial charge in [-0.15, -0.1) is 0 Å². The maximum Gasteiger partial charge on any atom is 0.412 e. The van der Waals surface area contributed by atoms with Gasteiger partial charge in [-0.1, -0.05) is 30.3 Å². The largest absolute Gasteiger partial charge is 0.444 e. The van der Waals surface area contributed by atoms with Crippen molar-refractivity contribution in [1.29, 1.82) is 0 Å². The third-order valence-corrected chi connectivity index (χ3v) is 4.61. The second kappa shape index (κ2) is 7.43. The lowest BCUT2D eigenvalue weighted by Gasteiger charge is -2.31. The summed E-state index contributed by atoms with van der Waals surface area (Å²) in [6, 6.07) is 15.8. The minimum absolute atomic E-state index is 0.141. The molecule has 0 bridgehead atoms. The first-order valence-electron chi connectivity index (χ1n) is 9.17. The molecule has 1 aliphatic heterocycles. The van der Waals surface area contributed by atoms with Gasteiger partial charge in [0, 0.05) is 24.8 Å². The summed E-state index contributed by atoms with van der Waals surface area (Å²) < 4.78 is 5.26. The molecule has 2 aromatic rings. The number of carbonyl (C=O) groups excluding carboxylic acids is 2. The van der Waals surface area contributed by atoms with E-state index in [0.29, 0.717) is 12.1 Å². The van der Waals surface area contributed by atoms with Gasteiger partial charge in [-0.2, -0.15) is 0 Å². The fourth-order valence-corrected chi connectivity index (χ4v) is 3.34. The Hall–Kier alpha value is -2.82. The van der Waals surface area contributed by atoms with Gasteiger partial charge in [-0.05, 0) is 62.4 Å². The molecule has 0 aromatic heterocycles. The average Bonchev–Trinajstić information content (AvgIpc) is 2.59. The number of benzene rings is 2. The maximum atomic E-state index is 12.3. The zero-order chi connectivity index (χ0) is 19.6. The molecular formula is C22H26N2O3. The fraction of sp³-hybridized carbons (Fsp3) is 0.364. The van der Waals surface area contributed by atoms with Gasteiger partial charge < -0.3 is 9.64 Å². The molecule has 1 N–H and O–H groups in total. The number of hydrogen-bond acceptors (Lipinski definition) is 3. The molecule has 0 fully saturated rings. The minimum atomic E-state index is -0.530. The molecule has 0 aliphatic carbocycles. The first-order chi connectivity index (χ1) is 12.7. The number of hydrogen-bond donors (Lipinski definition) is 1. The Labute approximate surface area is 160 Å². The van der Waals surface area contributed by atoms with E-state index in [1.54, 1.807) is 4.90 Å². The van der Waals surface area contributed by atoms with Crippen molar-refractivity contribution in [3.8, 4) is 0 Å². The van der Waals surface area contributed by atoms with E-state index in [1.165, 1.54) is 5.56 Å². The van der Waals surface area contributed by atoms with E-state index < -0.39 is 11.7 Å². The first-order valence-corrected chi connectivity index (χ1v) is 9.17. The Morgan fingerprint density at radius 2 is 1.81 bits per heavy atom. The van der Waals surface area contributed by atoms with Crippen molar-refractivity contribution >= 4 is 23.4 Å². The fourth-order valence-electron chi connectivity index (χ4n) is 3.34. The van der Waals surface area contributed by atoms with Gasteiger partial charge in [0.2, 0.25) is 5.91 Å². The predicted molar refractivity (Wildman–Crippen MR) is 107 cm³/mol. The van der Waals surface area contributed by atoms with Crippen molar-refractivity contribution in [2.75, 3.05) is 17.3 Å². The lowest BCUT2D eigenvalue weighted by Crippen LogP contribution is -2.33.